The molecule has 11 heavy (non-hydrogen) atoms. The minimum atomic E-state index is -0.933. The van der Waals surface area contributed by atoms with E-state index >= 15 is 0 Å². The average molecular weight is 163 g/mol. The molecule has 0 saturated carbocycles. The van der Waals surface area contributed by atoms with Crippen LogP contribution in [0.3, 0.4) is 0 Å². The molecule has 0 amide bonds. The average Bonchev–Trinajstić information content (AvgIpc) is 1.88. The predicted octanol–water partition coefficient (Wildman–Crippen LogP) is -0.311. The molecule has 0 aromatic rings. The van der Waals surface area contributed by atoms with Crippen molar-refractivity contribution < 1.29 is 9.90 Å². The van der Waals surface area contributed by atoms with Crippen LogP contribution in [0.1, 0.15) is 19.3 Å². The van der Waals surface area contributed by atoms with Crippen LogP contribution in [0.2, 0.25) is 0 Å². The summed E-state index contributed by atoms with van der Waals surface area (Å²) in [4.78, 5) is 10.1. The first kappa shape index (κ1) is 13.0. The van der Waals surface area contributed by atoms with Crippen molar-refractivity contribution in [2.24, 2.45) is 11.5 Å². The van der Waals surface area contributed by atoms with Crippen molar-refractivity contribution in [2.75, 3.05) is 6.54 Å². The van der Waals surface area contributed by atoms with Crippen LogP contribution in [-0.2, 0) is 4.79 Å². The van der Waals surface area contributed by atoms with E-state index in [1.165, 1.54) is 0 Å². The van der Waals surface area contributed by atoms with Gasteiger partial charge in [0.05, 0.1) is 0 Å². The maximum Gasteiger partial charge on any atom is 0.320 e. The Balaban J connectivity index is 0. The van der Waals surface area contributed by atoms with Crippen molar-refractivity contribution in [3.8, 4) is 0 Å². The van der Waals surface area contributed by atoms with E-state index in [2.05, 4.69) is 0 Å². The van der Waals surface area contributed by atoms with Gasteiger partial charge in [-0.1, -0.05) is 6.42 Å². The van der Waals surface area contributed by atoms with E-state index < -0.39 is 12.0 Å². The van der Waals surface area contributed by atoms with E-state index in [9.17, 15) is 4.79 Å². The van der Waals surface area contributed by atoms with Crippen molar-refractivity contribution in [2.45, 2.75) is 25.3 Å². The van der Waals surface area contributed by atoms with Gasteiger partial charge >= 0.3 is 5.97 Å². The lowest BCUT2D eigenvalue weighted by atomic mass is 10.1. The first-order valence-corrected chi connectivity index (χ1v) is 3.37. The van der Waals surface area contributed by atoms with Gasteiger partial charge in [0.2, 0.25) is 0 Å². The normalized spacial score (nSPS) is 11.8. The first-order valence-electron chi connectivity index (χ1n) is 3.37. The van der Waals surface area contributed by atoms with E-state index in [1.807, 2.05) is 0 Å². The SMILES string of the molecule is N.NCCCC[C@H](N)C(=O)O. The standard InChI is InChI=1S/C6H14N2O2.H3N/c7-4-2-1-3-5(8)6(9)10;/h5H,1-4,7-8H2,(H,9,10);1H3/t5-;/m0./s1. The summed E-state index contributed by atoms with van der Waals surface area (Å²) in [6, 6.07) is -0.716. The molecule has 0 aromatic carbocycles. The summed E-state index contributed by atoms with van der Waals surface area (Å²) in [5, 5.41) is 8.33. The Morgan fingerprint density at radius 1 is 1.45 bits per heavy atom. The molecule has 0 spiro atoms. The van der Waals surface area contributed by atoms with Crippen molar-refractivity contribution in [1.82, 2.24) is 6.15 Å². The Morgan fingerprint density at radius 2 is 2.00 bits per heavy atom. The summed E-state index contributed by atoms with van der Waals surface area (Å²) >= 11 is 0. The van der Waals surface area contributed by atoms with Crippen molar-refractivity contribution in [3.05, 3.63) is 0 Å². The van der Waals surface area contributed by atoms with Crippen molar-refractivity contribution in [3.63, 3.8) is 0 Å². The molecule has 0 aliphatic carbocycles. The van der Waals surface area contributed by atoms with E-state index in [-0.39, 0.29) is 6.15 Å². The topological polar surface area (TPSA) is 124 Å². The number of carboxylic acid groups (broad SMARTS) is 1. The highest BCUT2D eigenvalue weighted by Gasteiger charge is 2.09. The summed E-state index contributed by atoms with van der Waals surface area (Å²) in [5.41, 5.74) is 10.4. The summed E-state index contributed by atoms with van der Waals surface area (Å²) in [7, 11) is 0. The highest BCUT2D eigenvalue weighted by molar-refractivity contribution is 5.72. The number of nitrogens with two attached hydrogens (primary N) is 2. The van der Waals surface area contributed by atoms with Gasteiger partial charge in [-0.3, -0.25) is 4.79 Å². The van der Waals surface area contributed by atoms with Gasteiger partial charge in [-0.05, 0) is 19.4 Å². The van der Waals surface area contributed by atoms with Crippen LogP contribution in [0, 0.1) is 0 Å². The van der Waals surface area contributed by atoms with Crippen molar-refractivity contribution >= 4 is 5.97 Å². The fraction of sp³-hybridized carbons (Fsp3) is 0.833. The molecule has 5 nitrogen and oxygen atoms in total. The molecule has 0 aromatic heterocycles. The van der Waals surface area contributed by atoms with Crippen molar-refractivity contribution in [1.29, 1.82) is 0 Å². The third-order valence-corrected chi connectivity index (χ3v) is 1.29. The number of carboxylic acids is 1. The zero-order valence-corrected chi connectivity index (χ0v) is 6.62. The fourth-order valence-corrected chi connectivity index (χ4v) is 0.632. The number of aliphatic carboxylic acids is 1. The van der Waals surface area contributed by atoms with Gasteiger partial charge in [-0.25, -0.2) is 0 Å². The van der Waals surface area contributed by atoms with Crippen LogP contribution in [0.15, 0.2) is 0 Å². The Kier molecular flexibility index (Phi) is 8.80. The highest BCUT2D eigenvalue weighted by Crippen LogP contribution is 1.96. The van der Waals surface area contributed by atoms with Crippen LogP contribution >= 0.6 is 0 Å². The summed E-state index contributed by atoms with van der Waals surface area (Å²) in [6.07, 6.45) is 2.16. The molecule has 0 rings (SSSR count). The molecule has 0 saturated heterocycles. The van der Waals surface area contributed by atoms with E-state index in [0.717, 1.165) is 12.8 Å². The predicted molar refractivity (Wildman–Crippen MR) is 43.5 cm³/mol. The lowest BCUT2D eigenvalue weighted by Gasteiger charge is -2.03. The molecule has 5 heteroatoms. The van der Waals surface area contributed by atoms with Crippen LogP contribution in [-0.4, -0.2) is 23.7 Å². The molecule has 0 aliphatic heterocycles. The molecule has 1 atom stereocenters. The van der Waals surface area contributed by atoms with Crippen LogP contribution in [0.5, 0.6) is 0 Å². The number of hydrogen-bond acceptors (Lipinski definition) is 4. The minimum absolute atomic E-state index is 0. The second kappa shape index (κ2) is 7.46. The molecule has 68 valence electrons. The summed E-state index contributed by atoms with van der Waals surface area (Å²) in [6.45, 7) is 0.604. The smallest absolute Gasteiger partial charge is 0.320 e. The molecule has 0 heterocycles. The van der Waals surface area contributed by atoms with Gasteiger partial charge in [-0.2, -0.15) is 0 Å². The Morgan fingerprint density at radius 3 is 2.36 bits per heavy atom. The minimum Gasteiger partial charge on any atom is -0.480 e. The summed E-state index contributed by atoms with van der Waals surface area (Å²) in [5.74, 6) is -0.933. The Labute approximate surface area is 66.3 Å². The largest absolute Gasteiger partial charge is 0.480 e. The first-order chi connectivity index (χ1) is 4.68. The van der Waals surface area contributed by atoms with E-state index in [4.69, 9.17) is 16.6 Å². The fourth-order valence-electron chi connectivity index (χ4n) is 0.632. The molecular formula is C6H17N3O2. The zero-order valence-electron chi connectivity index (χ0n) is 6.62. The van der Waals surface area contributed by atoms with Crippen LogP contribution in [0.4, 0.5) is 0 Å². The highest BCUT2D eigenvalue weighted by atomic mass is 16.4. The van der Waals surface area contributed by atoms with Gasteiger partial charge in [0.1, 0.15) is 6.04 Å². The van der Waals surface area contributed by atoms with Gasteiger partial charge in [0.25, 0.3) is 0 Å². The maximum atomic E-state index is 10.1. The van der Waals surface area contributed by atoms with Gasteiger partial charge < -0.3 is 22.7 Å². The second-order valence-electron chi connectivity index (χ2n) is 2.23. The van der Waals surface area contributed by atoms with Gasteiger partial charge in [0, 0.05) is 0 Å². The second-order valence-corrected chi connectivity index (χ2v) is 2.23. The van der Waals surface area contributed by atoms with Gasteiger partial charge in [-0.15, -0.1) is 0 Å². The lowest BCUT2D eigenvalue weighted by Crippen LogP contribution is -2.29. The number of hydrogen-bond donors (Lipinski definition) is 4. The van der Waals surface area contributed by atoms with E-state index in [1.54, 1.807) is 0 Å². The zero-order chi connectivity index (χ0) is 7.98. The molecular weight excluding hydrogens is 146 g/mol. The van der Waals surface area contributed by atoms with Crippen LogP contribution in [0.25, 0.3) is 0 Å². The quantitative estimate of drug-likeness (QED) is 0.414. The van der Waals surface area contributed by atoms with Crippen LogP contribution < -0.4 is 17.6 Å². The molecule has 8 N–H and O–H groups in total. The molecule has 0 bridgehead atoms. The van der Waals surface area contributed by atoms with E-state index in [0.29, 0.717) is 13.0 Å². The lowest BCUT2D eigenvalue weighted by molar-refractivity contribution is -0.138. The number of rotatable bonds is 5. The number of carbonyl (C=O) groups is 1. The van der Waals surface area contributed by atoms with Gasteiger partial charge in [0.15, 0.2) is 0 Å². The third-order valence-electron chi connectivity index (χ3n) is 1.29. The molecule has 0 aliphatic rings. The number of unbranched alkanes of at least 4 members (excludes halogenated alkanes) is 1. The molecule has 0 unspecified atom stereocenters. The third kappa shape index (κ3) is 7.24. The maximum absolute atomic E-state index is 10.1. The summed E-state index contributed by atoms with van der Waals surface area (Å²) < 4.78 is 0. The Hall–Kier alpha value is -0.650. The monoisotopic (exact) mass is 163 g/mol. The molecule has 0 radical (unpaired) electrons. The molecule has 0 fully saturated rings. The Bertz CT molecular complexity index is 108.